The average molecular weight is 372 g/mol. The molecular weight excluding hydrogens is 355 g/mol. The first-order valence-electron chi connectivity index (χ1n) is 7.95. The van der Waals surface area contributed by atoms with Crippen LogP contribution in [0, 0.1) is 35.0 Å². The highest BCUT2D eigenvalue weighted by molar-refractivity contribution is 5.80. The Labute approximate surface area is 147 Å². The summed E-state index contributed by atoms with van der Waals surface area (Å²) in [7, 11) is 0. The molecule has 0 spiro atoms. The molecule has 1 atom stereocenters. The third-order valence-electron chi connectivity index (χ3n) is 3.85. The van der Waals surface area contributed by atoms with E-state index in [0.717, 1.165) is 12.0 Å². The van der Waals surface area contributed by atoms with Crippen LogP contribution in [0.1, 0.15) is 37.8 Å². The van der Waals surface area contributed by atoms with E-state index < -0.39 is 46.7 Å². The Kier molecular flexibility index (Phi) is 6.00. The standard InChI is InChI=1S/C19H17F5O2/c1-9(2)8-11-4-6-12(7-5-11)10(3)19(25)26-18-16(23)14(21)13(20)15(22)17(18)24/h4-7,9-10H,8H2,1-3H3/t10-/m1/s1. The van der Waals surface area contributed by atoms with Crippen molar-refractivity contribution >= 4 is 5.97 Å². The van der Waals surface area contributed by atoms with Gasteiger partial charge in [0, 0.05) is 0 Å². The molecular formula is C19H17F5O2. The summed E-state index contributed by atoms with van der Waals surface area (Å²) in [6.07, 6.45) is 0.837. The van der Waals surface area contributed by atoms with Crippen molar-refractivity contribution in [3.63, 3.8) is 0 Å². The monoisotopic (exact) mass is 372 g/mol. The summed E-state index contributed by atoms with van der Waals surface area (Å²) in [5, 5.41) is 0. The van der Waals surface area contributed by atoms with E-state index in [0.29, 0.717) is 11.5 Å². The Morgan fingerprint density at radius 1 is 0.846 bits per heavy atom. The minimum atomic E-state index is -2.31. The first kappa shape index (κ1) is 19.9. The zero-order valence-corrected chi connectivity index (χ0v) is 14.4. The maximum Gasteiger partial charge on any atom is 0.318 e. The molecule has 7 heteroatoms. The number of hydrogen-bond donors (Lipinski definition) is 0. The Hall–Kier alpha value is -2.44. The molecule has 140 valence electrons. The molecule has 2 aromatic rings. The van der Waals surface area contributed by atoms with Gasteiger partial charge in [-0.1, -0.05) is 38.1 Å². The SMILES string of the molecule is CC(C)Cc1ccc([C@@H](C)C(=O)Oc2c(F)c(F)c(F)c(F)c2F)cc1. The predicted octanol–water partition coefficient (Wildman–Crippen LogP) is 5.29. The quantitative estimate of drug-likeness (QED) is 0.234. The summed E-state index contributed by atoms with van der Waals surface area (Å²) >= 11 is 0. The minimum absolute atomic E-state index is 0.442. The van der Waals surface area contributed by atoms with Crippen LogP contribution in [0.5, 0.6) is 5.75 Å². The van der Waals surface area contributed by atoms with Crippen molar-refractivity contribution in [2.45, 2.75) is 33.1 Å². The lowest BCUT2D eigenvalue weighted by Crippen LogP contribution is -2.19. The van der Waals surface area contributed by atoms with E-state index in [4.69, 9.17) is 0 Å². The molecule has 2 nitrogen and oxygen atoms in total. The van der Waals surface area contributed by atoms with E-state index in [1.165, 1.54) is 6.92 Å². The number of hydrogen-bond acceptors (Lipinski definition) is 2. The van der Waals surface area contributed by atoms with E-state index in [-0.39, 0.29) is 0 Å². The molecule has 0 fully saturated rings. The van der Waals surface area contributed by atoms with Crippen molar-refractivity contribution < 1.29 is 31.5 Å². The predicted molar refractivity (Wildman–Crippen MR) is 85.3 cm³/mol. The Morgan fingerprint density at radius 3 is 1.77 bits per heavy atom. The molecule has 0 bridgehead atoms. The van der Waals surface area contributed by atoms with E-state index in [2.05, 4.69) is 18.6 Å². The van der Waals surface area contributed by atoms with E-state index in [1.807, 2.05) is 0 Å². The van der Waals surface area contributed by atoms with Crippen LogP contribution >= 0.6 is 0 Å². The fourth-order valence-corrected chi connectivity index (χ4v) is 2.41. The van der Waals surface area contributed by atoms with Gasteiger partial charge in [-0.25, -0.2) is 13.2 Å². The molecule has 2 aromatic carbocycles. The zero-order chi connectivity index (χ0) is 19.6. The summed E-state index contributed by atoms with van der Waals surface area (Å²) in [6.45, 7) is 5.52. The molecule has 2 rings (SSSR count). The van der Waals surface area contributed by atoms with Gasteiger partial charge in [0.05, 0.1) is 5.92 Å². The van der Waals surface area contributed by atoms with Crippen LogP contribution in [0.3, 0.4) is 0 Å². The van der Waals surface area contributed by atoms with Gasteiger partial charge in [0.15, 0.2) is 0 Å². The van der Waals surface area contributed by atoms with Gasteiger partial charge in [-0.05, 0) is 30.4 Å². The smallest absolute Gasteiger partial charge is 0.318 e. The highest BCUT2D eigenvalue weighted by Gasteiger charge is 2.30. The second kappa shape index (κ2) is 7.85. The summed E-state index contributed by atoms with van der Waals surface area (Å²) in [6, 6.07) is 6.92. The highest BCUT2D eigenvalue weighted by Crippen LogP contribution is 2.30. The van der Waals surface area contributed by atoms with Gasteiger partial charge in [0.25, 0.3) is 0 Å². The minimum Gasteiger partial charge on any atom is -0.420 e. The summed E-state index contributed by atoms with van der Waals surface area (Å²) in [5.74, 6) is -14.3. The largest absolute Gasteiger partial charge is 0.420 e. The normalized spacial score (nSPS) is 12.3. The first-order chi connectivity index (χ1) is 12.1. The first-order valence-corrected chi connectivity index (χ1v) is 7.95. The van der Waals surface area contributed by atoms with Crippen molar-refractivity contribution in [3.05, 3.63) is 64.5 Å². The van der Waals surface area contributed by atoms with Crippen LogP contribution in [0.25, 0.3) is 0 Å². The number of rotatable bonds is 5. The summed E-state index contributed by atoms with van der Waals surface area (Å²) in [4.78, 5) is 12.1. The molecule has 0 unspecified atom stereocenters. The zero-order valence-electron chi connectivity index (χ0n) is 14.4. The number of carbonyl (C=O) groups is 1. The molecule has 0 aliphatic rings. The van der Waals surface area contributed by atoms with Crippen LogP contribution in [-0.2, 0) is 11.2 Å². The highest BCUT2D eigenvalue weighted by atomic mass is 19.2. The molecule has 0 aliphatic carbocycles. The number of ether oxygens (including phenoxy) is 1. The van der Waals surface area contributed by atoms with E-state index >= 15 is 0 Å². The molecule has 0 aliphatic heterocycles. The van der Waals surface area contributed by atoms with Crippen molar-refractivity contribution in [1.29, 1.82) is 0 Å². The van der Waals surface area contributed by atoms with Gasteiger partial charge in [-0.2, -0.15) is 8.78 Å². The second-order valence-electron chi connectivity index (χ2n) is 6.38. The maximum absolute atomic E-state index is 13.6. The molecule has 0 amide bonds. The third-order valence-corrected chi connectivity index (χ3v) is 3.85. The van der Waals surface area contributed by atoms with Crippen molar-refractivity contribution in [2.75, 3.05) is 0 Å². The number of benzene rings is 2. The maximum atomic E-state index is 13.6. The lowest BCUT2D eigenvalue weighted by Gasteiger charge is -2.14. The van der Waals surface area contributed by atoms with E-state index in [1.54, 1.807) is 24.3 Å². The lowest BCUT2D eigenvalue weighted by atomic mass is 9.97. The number of halogens is 5. The third kappa shape index (κ3) is 4.03. The molecule has 26 heavy (non-hydrogen) atoms. The molecule has 0 saturated heterocycles. The van der Waals surface area contributed by atoms with Crippen LogP contribution < -0.4 is 4.74 Å². The molecule has 0 heterocycles. The van der Waals surface area contributed by atoms with Gasteiger partial charge in [-0.3, -0.25) is 4.79 Å². The Morgan fingerprint density at radius 2 is 1.31 bits per heavy atom. The van der Waals surface area contributed by atoms with Crippen LogP contribution in [0.15, 0.2) is 24.3 Å². The Bertz CT molecular complexity index is 787. The topological polar surface area (TPSA) is 26.3 Å². The van der Waals surface area contributed by atoms with Crippen LogP contribution in [-0.4, -0.2) is 5.97 Å². The molecule has 0 N–H and O–H groups in total. The number of esters is 1. The van der Waals surface area contributed by atoms with Gasteiger partial charge < -0.3 is 4.74 Å². The van der Waals surface area contributed by atoms with E-state index in [9.17, 15) is 26.7 Å². The van der Waals surface area contributed by atoms with Crippen LogP contribution in [0.4, 0.5) is 22.0 Å². The van der Waals surface area contributed by atoms with Crippen molar-refractivity contribution in [1.82, 2.24) is 0 Å². The van der Waals surface area contributed by atoms with Crippen molar-refractivity contribution in [2.24, 2.45) is 5.92 Å². The number of carbonyl (C=O) groups excluding carboxylic acids is 1. The molecule has 0 saturated carbocycles. The lowest BCUT2D eigenvalue weighted by molar-refractivity contribution is -0.136. The van der Waals surface area contributed by atoms with Gasteiger partial charge >= 0.3 is 5.97 Å². The fraction of sp³-hybridized carbons (Fsp3) is 0.316. The van der Waals surface area contributed by atoms with Crippen molar-refractivity contribution in [3.8, 4) is 5.75 Å². The van der Waals surface area contributed by atoms with Gasteiger partial charge in [0.1, 0.15) is 0 Å². The summed E-state index contributed by atoms with van der Waals surface area (Å²) < 4.78 is 71.0. The summed E-state index contributed by atoms with van der Waals surface area (Å²) in [5.41, 5.74) is 1.54. The second-order valence-corrected chi connectivity index (χ2v) is 6.38. The van der Waals surface area contributed by atoms with Gasteiger partial charge in [0.2, 0.25) is 34.8 Å². The average Bonchev–Trinajstić information content (AvgIpc) is 2.61. The van der Waals surface area contributed by atoms with Crippen LogP contribution in [0.2, 0.25) is 0 Å². The Balaban J connectivity index is 2.22. The molecule has 0 aromatic heterocycles. The molecule has 0 radical (unpaired) electrons. The van der Waals surface area contributed by atoms with Gasteiger partial charge in [-0.15, -0.1) is 0 Å². The fourth-order valence-electron chi connectivity index (χ4n) is 2.41.